The number of hydrogen-bond acceptors (Lipinski definition) is 2. The highest BCUT2D eigenvalue weighted by molar-refractivity contribution is 4.85. The van der Waals surface area contributed by atoms with E-state index < -0.39 is 0 Å². The van der Waals surface area contributed by atoms with Gasteiger partial charge in [-0.25, -0.2) is 0 Å². The van der Waals surface area contributed by atoms with Gasteiger partial charge in [-0.3, -0.25) is 4.90 Å². The number of nitrogens with one attached hydrogen (secondary N) is 1. The van der Waals surface area contributed by atoms with Gasteiger partial charge in [0.15, 0.2) is 0 Å². The molecular weight excluding hydrogens is 244 g/mol. The Morgan fingerprint density at radius 2 is 1.85 bits per heavy atom. The highest BCUT2D eigenvalue weighted by atomic mass is 15.2. The fraction of sp³-hybridized carbons (Fsp3) is 1.00. The van der Waals surface area contributed by atoms with Gasteiger partial charge in [-0.05, 0) is 57.7 Å². The molecule has 1 saturated heterocycles. The lowest BCUT2D eigenvalue weighted by Gasteiger charge is -2.36. The summed E-state index contributed by atoms with van der Waals surface area (Å²) in [5.74, 6) is 0.992. The van der Waals surface area contributed by atoms with Crippen LogP contribution in [0.2, 0.25) is 0 Å². The molecule has 0 amide bonds. The van der Waals surface area contributed by atoms with Crippen LogP contribution < -0.4 is 5.32 Å². The Hall–Kier alpha value is -0.0800. The molecular formula is C18H38N2. The summed E-state index contributed by atoms with van der Waals surface area (Å²) < 4.78 is 0. The molecule has 0 aromatic heterocycles. The van der Waals surface area contributed by atoms with Crippen LogP contribution in [0.15, 0.2) is 0 Å². The summed E-state index contributed by atoms with van der Waals surface area (Å²) in [5, 5.41) is 3.75. The lowest BCUT2D eigenvalue weighted by molar-refractivity contribution is 0.150. The molecule has 0 saturated carbocycles. The van der Waals surface area contributed by atoms with Crippen LogP contribution in [0.1, 0.15) is 79.1 Å². The van der Waals surface area contributed by atoms with Crippen LogP contribution in [0.3, 0.4) is 0 Å². The molecule has 0 spiro atoms. The summed E-state index contributed by atoms with van der Waals surface area (Å²) in [6, 6.07) is 1.44. The zero-order valence-corrected chi connectivity index (χ0v) is 14.5. The molecule has 2 heteroatoms. The van der Waals surface area contributed by atoms with Gasteiger partial charge < -0.3 is 5.32 Å². The van der Waals surface area contributed by atoms with E-state index in [-0.39, 0.29) is 0 Å². The van der Waals surface area contributed by atoms with Crippen LogP contribution in [-0.2, 0) is 0 Å². The lowest BCUT2D eigenvalue weighted by atomic mass is 9.95. The van der Waals surface area contributed by atoms with E-state index in [1.807, 2.05) is 0 Å². The van der Waals surface area contributed by atoms with E-state index in [4.69, 9.17) is 0 Å². The van der Waals surface area contributed by atoms with Crippen LogP contribution >= 0.6 is 0 Å². The SMILES string of the molecule is CCCC1CCCN(C(CC)C(CCC)NCC)CC1. The molecule has 3 unspecified atom stereocenters. The maximum Gasteiger partial charge on any atom is 0.0246 e. The molecule has 1 aliphatic rings. The van der Waals surface area contributed by atoms with Crippen molar-refractivity contribution in [3.05, 3.63) is 0 Å². The average Bonchev–Trinajstić information content (AvgIpc) is 2.67. The molecule has 1 fully saturated rings. The largest absolute Gasteiger partial charge is 0.313 e. The van der Waals surface area contributed by atoms with Crippen LogP contribution in [0.4, 0.5) is 0 Å². The van der Waals surface area contributed by atoms with E-state index >= 15 is 0 Å². The number of rotatable bonds is 9. The average molecular weight is 283 g/mol. The van der Waals surface area contributed by atoms with Crippen molar-refractivity contribution in [2.45, 2.75) is 91.1 Å². The van der Waals surface area contributed by atoms with Crippen molar-refractivity contribution in [3.63, 3.8) is 0 Å². The zero-order chi connectivity index (χ0) is 14.8. The van der Waals surface area contributed by atoms with E-state index in [1.54, 1.807) is 0 Å². The second-order valence-electron chi connectivity index (χ2n) is 6.55. The molecule has 0 aromatic rings. The topological polar surface area (TPSA) is 15.3 Å². The first kappa shape index (κ1) is 18.0. The van der Waals surface area contributed by atoms with Gasteiger partial charge in [0.25, 0.3) is 0 Å². The maximum absolute atomic E-state index is 3.75. The fourth-order valence-electron chi connectivity index (χ4n) is 4.02. The Labute approximate surface area is 127 Å². The molecule has 3 atom stereocenters. The molecule has 1 N–H and O–H groups in total. The van der Waals surface area contributed by atoms with E-state index in [0.29, 0.717) is 6.04 Å². The Morgan fingerprint density at radius 3 is 2.45 bits per heavy atom. The molecule has 120 valence electrons. The van der Waals surface area contributed by atoms with Crippen molar-refractivity contribution in [2.75, 3.05) is 19.6 Å². The predicted octanol–water partition coefficient (Wildman–Crippen LogP) is 4.45. The minimum atomic E-state index is 0.692. The molecule has 1 aliphatic heterocycles. The van der Waals surface area contributed by atoms with Gasteiger partial charge in [0, 0.05) is 12.1 Å². The van der Waals surface area contributed by atoms with Crippen LogP contribution in [-0.4, -0.2) is 36.6 Å². The lowest BCUT2D eigenvalue weighted by Crippen LogP contribution is -2.50. The minimum Gasteiger partial charge on any atom is -0.313 e. The summed E-state index contributed by atoms with van der Waals surface area (Å²) in [4.78, 5) is 2.80. The van der Waals surface area contributed by atoms with Gasteiger partial charge in [-0.1, -0.05) is 47.0 Å². The third-order valence-electron chi connectivity index (χ3n) is 5.00. The van der Waals surface area contributed by atoms with Gasteiger partial charge in [0.05, 0.1) is 0 Å². The molecule has 1 rings (SSSR count). The quantitative estimate of drug-likeness (QED) is 0.672. The summed E-state index contributed by atoms with van der Waals surface area (Å²) in [5.41, 5.74) is 0. The zero-order valence-electron chi connectivity index (χ0n) is 14.5. The minimum absolute atomic E-state index is 0.692. The molecule has 0 radical (unpaired) electrons. The maximum atomic E-state index is 3.75. The van der Waals surface area contributed by atoms with E-state index in [2.05, 4.69) is 37.9 Å². The van der Waals surface area contributed by atoms with Crippen molar-refractivity contribution < 1.29 is 0 Å². The van der Waals surface area contributed by atoms with Gasteiger partial charge in [-0.15, -0.1) is 0 Å². The Bertz CT molecular complexity index is 223. The third kappa shape index (κ3) is 5.73. The normalized spacial score (nSPS) is 24.3. The predicted molar refractivity (Wildman–Crippen MR) is 90.3 cm³/mol. The first-order valence-corrected chi connectivity index (χ1v) is 9.24. The van der Waals surface area contributed by atoms with Crippen molar-refractivity contribution in [3.8, 4) is 0 Å². The molecule has 0 aromatic carbocycles. The number of nitrogens with zero attached hydrogens (tertiary/aromatic N) is 1. The highest BCUT2D eigenvalue weighted by Crippen LogP contribution is 2.25. The first-order valence-electron chi connectivity index (χ1n) is 9.24. The van der Waals surface area contributed by atoms with Crippen molar-refractivity contribution in [1.29, 1.82) is 0 Å². The van der Waals surface area contributed by atoms with Gasteiger partial charge in [0.2, 0.25) is 0 Å². The summed E-state index contributed by atoms with van der Waals surface area (Å²) in [7, 11) is 0. The third-order valence-corrected chi connectivity index (χ3v) is 5.00. The second-order valence-corrected chi connectivity index (χ2v) is 6.55. The Balaban J connectivity index is 2.58. The fourth-order valence-corrected chi connectivity index (χ4v) is 4.02. The Kier molecular flexibility index (Phi) is 9.54. The van der Waals surface area contributed by atoms with Crippen LogP contribution in [0.5, 0.6) is 0 Å². The van der Waals surface area contributed by atoms with Crippen LogP contribution in [0, 0.1) is 5.92 Å². The molecule has 20 heavy (non-hydrogen) atoms. The first-order chi connectivity index (χ1) is 9.76. The van der Waals surface area contributed by atoms with Crippen molar-refractivity contribution >= 4 is 0 Å². The van der Waals surface area contributed by atoms with E-state index in [0.717, 1.165) is 18.5 Å². The van der Waals surface area contributed by atoms with Gasteiger partial charge in [-0.2, -0.15) is 0 Å². The molecule has 0 aliphatic carbocycles. The molecule has 2 nitrogen and oxygen atoms in total. The Morgan fingerprint density at radius 1 is 1.05 bits per heavy atom. The second kappa shape index (κ2) is 10.6. The van der Waals surface area contributed by atoms with Gasteiger partial charge in [0.1, 0.15) is 0 Å². The highest BCUT2D eigenvalue weighted by Gasteiger charge is 2.27. The van der Waals surface area contributed by atoms with E-state index in [1.165, 1.54) is 64.5 Å². The van der Waals surface area contributed by atoms with Crippen molar-refractivity contribution in [2.24, 2.45) is 5.92 Å². The number of likely N-dealkylation sites (N-methyl/N-ethyl adjacent to an activating group) is 1. The van der Waals surface area contributed by atoms with Crippen molar-refractivity contribution in [1.82, 2.24) is 10.2 Å². The van der Waals surface area contributed by atoms with Crippen LogP contribution in [0.25, 0.3) is 0 Å². The molecule has 0 bridgehead atoms. The molecule has 1 heterocycles. The van der Waals surface area contributed by atoms with E-state index in [9.17, 15) is 0 Å². The van der Waals surface area contributed by atoms with Gasteiger partial charge >= 0.3 is 0 Å². The monoisotopic (exact) mass is 282 g/mol. The summed E-state index contributed by atoms with van der Waals surface area (Å²) in [6.45, 7) is 13.0. The smallest absolute Gasteiger partial charge is 0.0246 e. The summed E-state index contributed by atoms with van der Waals surface area (Å²) >= 11 is 0. The number of likely N-dealkylation sites (tertiary alicyclic amines) is 1. The number of hydrogen-bond donors (Lipinski definition) is 1. The standard InChI is InChI=1S/C18H38N2/c1-5-10-16-12-9-14-20(15-13-16)18(7-3)17(11-6-2)19-8-4/h16-19H,5-15H2,1-4H3. The summed E-state index contributed by atoms with van der Waals surface area (Å²) in [6.07, 6.45) is 11.0.